The highest BCUT2D eigenvalue weighted by atomic mass is 32.2. The first-order chi connectivity index (χ1) is 14.7. The Morgan fingerprint density at radius 2 is 1.84 bits per heavy atom. The van der Waals surface area contributed by atoms with Crippen LogP contribution >= 0.6 is 0 Å². The fourth-order valence-corrected chi connectivity index (χ4v) is 5.81. The molecule has 1 atom stereocenters. The van der Waals surface area contributed by atoms with Gasteiger partial charge in [-0.05, 0) is 55.4 Å². The van der Waals surface area contributed by atoms with E-state index < -0.39 is 21.7 Å². The van der Waals surface area contributed by atoms with Crippen LogP contribution in [-0.2, 0) is 22.0 Å². The monoisotopic (exact) mass is 444 g/mol. The maximum absolute atomic E-state index is 12.1. The molecule has 4 rings (SSSR count). The van der Waals surface area contributed by atoms with Gasteiger partial charge in [0.2, 0.25) is 10.0 Å². The van der Waals surface area contributed by atoms with Crippen LogP contribution in [0.1, 0.15) is 47.6 Å². The second-order valence-electron chi connectivity index (χ2n) is 9.04. The molecule has 31 heavy (non-hydrogen) atoms. The molecule has 0 radical (unpaired) electrons. The Bertz CT molecular complexity index is 1050. The number of nitrogens with zero attached hydrogens (tertiary/aromatic N) is 2. The van der Waals surface area contributed by atoms with Crippen LogP contribution in [0.5, 0.6) is 0 Å². The maximum Gasteiger partial charge on any atom is 0.232 e. The van der Waals surface area contributed by atoms with Crippen molar-refractivity contribution in [3.05, 3.63) is 64.7 Å². The highest BCUT2D eigenvalue weighted by molar-refractivity contribution is 7.92. The van der Waals surface area contributed by atoms with Gasteiger partial charge in [0.25, 0.3) is 0 Å². The Kier molecular flexibility index (Phi) is 6.14. The van der Waals surface area contributed by atoms with E-state index in [1.807, 2.05) is 43.3 Å². The SMILES string of the molecule is Cc1cccc(C2(O)CCN(C[C@@H](O)c3ccc4c(c3)CCCN4S(C)(=O)=O)CC2)c1. The molecule has 2 heterocycles. The van der Waals surface area contributed by atoms with Crippen LogP contribution in [0.4, 0.5) is 5.69 Å². The zero-order valence-corrected chi connectivity index (χ0v) is 19.1. The minimum atomic E-state index is -3.29. The van der Waals surface area contributed by atoms with Gasteiger partial charge >= 0.3 is 0 Å². The van der Waals surface area contributed by atoms with Crippen molar-refractivity contribution in [3.63, 3.8) is 0 Å². The topological polar surface area (TPSA) is 81.1 Å². The lowest BCUT2D eigenvalue weighted by Gasteiger charge is -2.39. The van der Waals surface area contributed by atoms with Crippen LogP contribution < -0.4 is 4.31 Å². The van der Waals surface area contributed by atoms with Crippen LogP contribution in [0.2, 0.25) is 0 Å². The van der Waals surface area contributed by atoms with E-state index in [0.29, 0.717) is 39.0 Å². The van der Waals surface area contributed by atoms with Gasteiger partial charge in [0.1, 0.15) is 0 Å². The molecule has 0 unspecified atom stereocenters. The van der Waals surface area contributed by atoms with Gasteiger partial charge in [-0.2, -0.15) is 0 Å². The molecule has 0 aliphatic carbocycles. The summed E-state index contributed by atoms with van der Waals surface area (Å²) < 4.78 is 25.6. The molecule has 0 saturated carbocycles. The van der Waals surface area contributed by atoms with Crippen LogP contribution in [0.15, 0.2) is 42.5 Å². The molecule has 168 valence electrons. The number of benzene rings is 2. The maximum atomic E-state index is 12.1. The molecule has 1 saturated heterocycles. The first-order valence-electron chi connectivity index (χ1n) is 11.0. The average Bonchev–Trinajstić information content (AvgIpc) is 2.74. The number of β-amino-alcohol motifs (C(OH)–C–C–N with tert-alkyl or cyclic N) is 1. The summed E-state index contributed by atoms with van der Waals surface area (Å²) >= 11 is 0. The number of aliphatic hydroxyl groups is 2. The molecular weight excluding hydrogens is 412 g/mol. The van der Waals surface area contributed by atoms with Gasteiger partial charge in [-0.3, -0.25) is 4.31 Å². The van der Waals surface area contributed by atoms with Crippen molar-refractivity contribution in [1.82, 2.24) is 4.90 Å². The number of anilines is 1. The molecule has 1 fully saturated rings. The van der Waals surface area contributed by atoms with Gasteiger partial charge < -0.3 is 15.1 Å². The minimum Gasteiger partial charge on any atom is -0.387 e. The van der Waals surface area contributed by atoms with Gasteiger partial charge in [-0.25, -0.2) is 8.42 Å². The van der Waals surface area contributed by atoms with Gasteiger partial charge in [0.15, 0.2) is 0 Å². The Morgan fingerprint density at radius 1 is 1.10 bits per heavy atom. The lowest BCUT2D eigenvalue weighted by molar-refractivity contribution is -0.0345. The van der Waals surface area contributed by atoms with Crippen LogP contribution in [0.25, 0.3) is 0 Å². The lowest BCUT2D eigenvalue weighted by atomic mass is 9.83. The number of aryl methyl sites for hydroxylation is 2. The van der Waals surface area contributed by atoms with Crippen molar-refractivity contribution in [2.75, 3.05) is 36.7 Å². The summed E-state index contributed by atoms with van der Waals surface area (Å²) in [4.78, 5) is 2.19. The van der Waals surface area contributed by atoms with Gasteiger partial charge in [0, 0.05) is 26.2 Å². The average molecular weight is 445 g/mol. The summed E-state index contributed by atoms with van der Waals surface area (Å²) in [6.07, 6.45) is 3.45. The summed E-state index contributed by atoms with van der Waals surface area (Å²) in [6.45, 7) is 4.47. The molecule has 2 N–H and O–H groups in total. The van der Waals surface area contributed by atoms with E-state index in [0.717, 1.165) is 40.8 Å². The van der Waals surface area contributed by atoms with Crippen LogP contribution in [0.3, 0.4) is 0 Å². The van der Waals surface area contributed by atoms with E-state index in [1.165, 1.54) is 10.6 Å². The van der Waals surface area contributed by atoms with E-state index in [2.05, 4.69) is 11.0 Å². The highest BCUT2D eigenvalue weighted by Gasteiger charge is 2.34. The quantitative estimate of drug-likeness (QED) is 0.741. The molecule has 0 amide bonds. The molecule has 2 aliphatic heterocycles. The zero-order chi connectivity index (χ0) is 22.2. The standard InChI is InChI=1S/C24H32N2O4S/c1-18-5-3-7-21(15-18)24(28)10-13-25(14-11-24)17-23(27)20-8-9-22-19(16-20)6-4-12-26(22)31(2,29)30/h3,5,7-9,15-16,23,27-28H,4,6,10-14,17H2,1-2H3/t23-/m1/s1. The van der Waals surface area contributed by atoms with Crippen LogP contribution in [-0.4, -0.2) is 56.0 Å². The van der Waals surface area contributed by atoms with E-state index in [-0.39, 0.29) is 0 Å². The smallest absolute Gasteiger partial charge is 0.232 e. The predicted octanol–water partition coefficient (Wildman–Crippen LogP) is 2.72. The molecule has 2 aromatic carbocycles. The first-order valence-corrected chi connectivity index (χ1v) is 12.8. The lowest BCUT2D eigenvalue weighted by Crippen LogP contribution is -2.44. The van der Waals surface area contributed by atoms with Crippen molar-refractivity contribution in [1.29, 1.82) is 0 Å². The second kappa shape index (κ2) is 8.54. The third kappa shape index (κ3) is 4.80. The number of likely N-dealkylation sites (tertiary alicyclic amines) is 1. The molecular formula is C24H32N2O4S. The van der Waals surface area contributed by atoms with Crippen molar-refractivity contribution >= 4 is 15.7 Å². The molecule has 0 aromatic heterocycles. The number of rotatable bonds is 5. The molecule has 2 aromatic rings. The van der Waals surface area contributed by atoms with Crippen molar-refractivity contribution in [3.8, 4) is 0 Å². The van der Waals surface area contributed by atoms with Gasteiger partial charge in [-0.15, -0.1) is 0 Å². The highest BCUT2D eigenvalue weighted by Crippen LogP contribution is 2.35. The van der Waals surface area contributed by atoms with Crippen molar-refractivity contribution < 1.29 is 18.6 Å². The number of hydrogen-bond donors (Lipinski definition) is 2. The van der Waals surface area contributed by atoms with Gasteiger partial charge in [0.05, 0.1) is 23.6 Å². The number of hydrogen-bond acceptors (Lipinski definition) is 5. The molecule has 0 bridgehead atoms. The van der Waals surface area contributed by atoms with Crippen LogP contribution in [0, 0.1) is 6.92 Å². The summed E-state index contributed by atoms with van der Waals surface area (Å²) in [6, 6.07) is 13.7. The predicted molar refractivity (Wildman–Crippen MR) is 123 cm³/mol. The Hall–Kier alpha value is -1.93. The third-order valence-corrected chi connectivity index (χ3v) is 7.81. The summed E-state index contributed by atoms with van der Waals surface area (Å²) in [5, 5.41) is 22.0. The molecule has 7 heteroatoms. The summed E-state index contributed by atoms with van der Waals surface area (Å²) in [7, 11) is -3.29. The normalized spacial score (nSPS) is 20.3. The third-order valence-electron chi connectivity index (χ3n) is 6.63. The number of aliphatic hydroxyl groups excluding tert-OH is 1. The van der Waals surface area contributed by atoms with E-state index in [1.54, 1.807) is 0 Å². The van der Waals surface area contributed by atoms with Crippen molar-refractivity contribution in [2.45, 2.75) is 44.3 Å². The fourth-order valence-electron chi connectivity index (χ4n) is 4.81. The Morgan fingerprint density at radius 3 is 2.52 bits per heavy atom. The van der Waals surface area contributed by atoms with E-state index in [4.69, 9.17) is 0 Å². The fraction of sp³-hybridized carbons (Fsp3) is 0.500. The number of sulfonamides is 1. The minimum absolute atomic E-state index is 0.498. The number of piperidine rings is 1. The zero-order valence-electron chi connectivity index (χ0n) is 18.3. The largest absolute Gasteiger partial charge is 0.387 e. The Balaban J connectivity index is 1.41. The summed E-state index contributed by atoms with van der Waals surface area (Å²) in [5.74, 6) is 0. The second-order valence-corrected chi connectivity index (χ2v) is 11.0. The van der Waals surface area contributed by atoms with E-state index >= 15 is 0 Å². The Labute approximate surface area is 185 Å². The number of fused-ring (bicyclic) bond motifs is 1. The van der Waals surface area contributed by atoms with E-state index in [9.17, 15) is 18.6 Å². The molecule has 2 aliphatic rings. The van der Waals surface area contributed by atoms with Gasteiger partial charge in [-0.1, -0.05) is 42.0 Å². The first kappa shape index (κ1) is 22.3. The molecule has 0 spiro atoms. The molecule has 6 nitrogen and oxygen atoms in total. The van der Waals surface area contributed by atoms with Crippen molar-refractivity contribution in [2.24, 2.45) is 0 Å². The summed E-state index contributed by atoms with van der Waals surface area (Å²) in [5.41, 5.74) is 3.82.